The van der Waals surface area contributed by atoms with Gasteiger partial charge in [0.25, 0.3) is 11.6 Å². The maximum atomic E-state index is 12.9. The number of carbonyl (C=O) groups is 1. The van der Waals surface area contributed by atoms with Gasteiger partial charge in [0.15, 0.2) is 0 Å². The van der Waals surface area contributed by atoms with E-state index in [0.717, 1.165) is 11.1 Å². The Morgan fingerprint density at radius 2 is 1.66 bits per heavy atom. The van der Waals surface area contributed by atoms with E-state index < -0.39 is 14.9 Å². The molecule has 0 aromatic heterocycles. The van der Waals surface area contributed by atoms with Crippen LogP contribution in [0.4, 0.5) is 5.69 Å². The molecule has 0 unspecified atom stereocenters. The number of nitro groups is 1. The Morgan fingerprint density at radius 1 is 1.00 bits per heavy atom. The van der Waals surface area contributed by atoms with Gasteiger partial charge in [-0.15, -0.1) is 0 Å². The van der Waals surface area contributed by atoms with E-state index in [1.54, 1.807) is 36.1 Å². The molecule has 1 aliphatic rings. The van der Waals surface area contributed by atoms with E-state index in [0.29, 0.717) is 5.56 Å². The van der Waals surface area contributed by atoms with Gasteiger partial charge in [0.2, 0.25) is 10.0 Å². The van der Waals surface area contributed by atoms with Crippen molar-refractivity contribution in [3.63, 3.8) is 0 Å². The van der Waals surface area contributed by atoms with Crippen molar-refractivity contribution in [1.29, 1.82) is 0 Å². The fraction of sp³-hybridized carbons (Fsp3) is 0.350. The van der Waals surface area contributed by atoms with E-state index in [9.17, 15) is 23.3 Å². The molecule has 3 rings (SSSR count). The van der Waals surface area contributed by atoms with Crippen molar-refractivity contribution in [2.75, 3.05) is 26.2 Å². The lowest BCUT2D eigenvalue weighted by molar-refractivity contribution is -0.385. The summed E-state index contributed by atoms with van der Waals surface area (Å²) in [5.74, 6) is -0.325. The molecule has 0 spiro atoms. The number of nitro benzene ring substituents is 1. The first-order valence-corrected chi connectivity index (χ1v) is 10.7. The van der Waals surface area contributed by atoms with Crippen molar-refractivity contribution in [3.05, 3.63) is 68.8 Å². The Hall–Kier alpha value is -2.78. The van der Waals surface area contributed by atoms with Crippen LogP contribution in [-0.2, 0) is 10.0 Å². The largest absolute Gasteiger partial charge is 0.336 e. The first-order chi connectivity index (χ1) is 13.6. The average Bonchev–Trinajstić information content (AvgIpc) is 2.69. The lowest BCUT2D eigenvalue weighted by Crippen LogP contribution is -2.50. The van der Waals surface area contributed by atoms with Gasteiger partial charge in [0.1, 0.15) is 0 Å². The molecule has 0 N–H and O–H groups in total. The van der Waals surface area contributed by atoms with Crippen LogP contribution in [0.15, 0.2) is 41.3 Å². The summed E-state index contributed by atoms with van der Waals surface area (Å²) in [6.07, 6.45) is 0. The molecular weight excluding hydrogens is 394 g/mol. The van der Waals surface area contributed by atoms with Crippen molar-refractivity contribution in [2.24, 2.45) is 0 Å². The van der Waals surface area contributed by atoms with Gasteiger partial charge in [-0.3, -0.25) is 14.9 Å². The maximum Gasteiger partial charge on any atom is 0.273 e. The van der Waals surface area contributed by atoms with Gasteiger partial charge in [0, 0.05) is 43.4 Å². The molecular formula is C20H23N3O5S. The third-order valence-corrected chi connectivity index (χ3v) is 7.27. The lowest BCUT2D eigenvalue weighted by Gasteiger charge is -2.34. The van der Waals surface area contributed by atoms with Crippen molar-refractivity contribution >= 4 is 21.6 Å². The van der Waals surface area contributed by atoms with Gasteiger partial charge >= 0.3 is 0 Å². The first-order valence-electron chi connectivity index (χ1n) is 9.23. The van der Waals surface area contributed by atoms with E-state index in [-0.39, 0.29) is 48.2 Å². The highest BCUT2D eigenvalue weighted by atomic mass is 32.2. The van der Waals surface area contributed by atoms with Crippen LogP contribution in [0.25, 0.3) is 0 Å². The predicted molar refractivity (Wildman–Crippen MR) is 108 cm³/mol. The smallest absolute Gasteiger partial charge is 0.273 e. The van der Waals surface area contributed by atoms with Crippen LogP contribution in [0.2, 0.25) is 0 Å². The summed E-state index contributed by atoms with van der Waals surface area (Å²) in [5.41, 5.74) is 2.40. The number of sulfonamides is 1. The number of aryl methyl sites for hydroxylation is 2. The lowest BCUT2D eigenvalue weighted by atomic mass is 10.1. The van der Waals surface area contributed by atoms with Crippen LogP contribution in [-0.4, -0.2) is 54.6 Å². The van der Waals surface area contributed by atoms with Crippen molar-refractivity contribution in [1.82, 2.24) is 9.21 Å². The number of hydrogen-bond acceptors (Lipinski definition) is 5. The summed E-state index contributed by atoms with van der Waals surface area (Å²) >= 11 is 0. The SMILES string of the molecule is Cc1ccc(S(=O)(=O)N2CCN(C(=O)c3cccc([N+](=O)[O-])c3C)CC2)cc1C. The second-order valence-corrected chi connectivity index (χ2v) is 9.09. The van der Waals surface area contributed by atoms with Crippen molar-refractivity contribution in [3.8, 4) is 0 Å². The highest BCUT2D eigenvalue weighted by Crippen LogP contribution is 2.24. The summed E-state index contributed by atoms with van der Waals surface area (Å²) in [5, 5.41) is 11.1. The molecule has 0 atom stereocenters. The van der Waals surface area contributed by atoms with Crippen LogP contribution in [0, 0.1) is 30.9 Å². The van der Waals surface area contributed by atoms with Crippen LogP contribution in [0.3, 0.4) is 0 Å². The number of carbonyl (C=O) groups excluding carboxylic acids is 1. The Balaban J connectivity index is 1.75. The number of amides is 1. The normalized spacial score (nSPS) is 15.3. The Kier molecular flexibility index (Phi) is 5.72. The second kappa shape index (κ2) is 7.92. The number of nitrogens with zero attached hydrogens (tertiary/aromatic N) is 3. The molecule has 8 nitrogen and oxygen atoms in total. The zero-order valence-electron chi connectivity index (χ0n) is 16.6. The van der Waals surface area contributed by atoms with E-state index in [1.807, 2.05) is 13.8 Å². The maximum absolute atomic E-state index is 12.9. The van der Waals surface area contributed by atoms with Crippen LogP contribution >= 0.6 is 0 Å². The minimum absolute atomic E-state index is 0.105. The fourth-order valence-electron chi connectivity index (χ4n) is 3.38. The molecule has 2 aromatic rings. The standard InChI is InChI=1S/C20H23N3O5S/c1-14-7-8-17(13-15(14)2)29(27,28)22-11-9-21(10-12-22)20(24)18-5-4-6-19(16(18)3)23(25)26/h4-8,13H,9-12H2,1-3H3. The van der Waals surface area contributed by atoms with E-state index in [4.69, 9.17) is 0 Å². The third kappa shape index (κ3) is 4.01. The Morgan fingerprint density at radius 3 is 2.24 bits per heavy atom. The summed E-state index contributed by atoms with van der Waals surface area (Å²) in [6, 6.07) is 9.45. The van der Waals surface area contributed by atoms with E-state index in [1.165, 1.54) is 16.4 Å². The molecule has 9 heteroatoms. The summed E-state index contributed by atoms with van der Waals surface area (Å²) < 4.78 is 27.2. The van der Waals surface area contributed by atoms with Gasteiger partial charge < -0.3 is 4.90 Å². The van der Waals surface area contributed by atoms with Crippen molar-refractivity contribution < 1.29 is 18.1 Å². The Bertz CT molecular complexity index is 1070. The highest BCUT2D eigenvalue weighted by molar-refractivity contribution is 7.89. The molecule has 1 amide bonds. The molecule has 0 aliphatic carbocycles. The predicted octanol–water partition coefficient (Wildman–Crippen LogP) is 2.67. The molecule has 154 valence electrons. The average molecular weight is 417 g/mol. The monoisotopic (exact) mass is 417 g/mol. The minimum atomic E-state index is -3.64. The van der Waals surface area contributed by atoms with Gasteiger partial charge in [-0.05, 0) is 50.1 Å². The van der Waals surface area contributed by atoms with Gasteiger partial charge in [-0.2, -0.15) is 4.31 Å². The number of piperazine rings is 1. The van der Waals surface area contributed by atoms with Crippen LogP contribution < -0.4 is 0 Å². The molecule has 0 saturated carbocycles. The van der Waals surface area contributed by atoms with Gasteiger partial charge in [0.05, 0.1) is 9.82 Å². The van der Waals surface area contributed by atoms with Crippen molar-refractivity contribution in [2.45, 2.75) is 25.7 Å². The zero-order chi connectivity index (χ0) is 21.3. The topological polar surface area (TPSA) is 101 Å². The van der Waals surface area contributed by atoms with Crippen LogP contribution in [0.5, 0.6) is 0 Å². The third-order valence-electron chi connectivity index (χ3n) is 5.37. The van der Waals surface area contributed by atoms with Gasteiger partial charge in [-0.25, -0.2) is 8.42 Å². The number of hydrogen-bond donors (Lipinski definition) is 0. The highest BCUT2D eigenvalue weighted by Gasteiger charge is 2.31. The molecule has 0 bridgehead atoms. The summed E-state index contributed by atoms with van der Waals surface area (Å²) in [6.45, 7) is 6.14. The molecule has 2 aromatic carbocycles. The minimum Gasteiger partial charge on any atom is -0.336 e. The molecule has 1 saturated heterocycles. The molecule has 1 heterocycles. The summed E-state index contributed by atoms with van der Waals surface area (Å²) in [7, 11) is -3.64. The van der Waals surface area contributed by atoms with E-state index in [2.05, 4.69) is 0 Å². The van der Waals surface area contributed by atoms with Crippen LogP contribution in [0.1, 0.15) is 27.0 Å². The number of rotatable bonds is 4. The molecule has 1 fully saturated rings. The summed E-state index contributed by atoms with van der Waals surface area (Å²) in [4.78, 5) is 25.2. The van der Waals surface area contributed by atoms with E-state index >= 15 is 0 Å². The van der Waals surface area contributed by atoms with Gasteiger partial charge in [-0.1, -0.05) is 12.1 Å². The molecule has 29 heavy (non-hydrogen) atoms. The Labute approximate surface area is 169 Å². The zero-order valence-corrected chi connectivity index (χ0v) is 17.4. The number of benzene rings is 2. The fourth-order valence-corrected chi connectivity index (χ4v) is 4.89. The second-order valence-electron chi connectivity index (χ2n) is 7.15. The first kappa shape index (κ1) is 20.9. The molecule has 1 aliphatic heterocycles. The molecule has 0 radical (unpaired) electrons. The quantitative estimate of drug-likeness (QED) is 0.562.